The van der Waals surface area contributed by atoms with E-state index in [0.29, 0.717) is 18.1 Å². The summed E-state index contributed by atoms with van der Waals surface area (Å²) in [6, 6.07) is 4.07. The number of aryl methyl sites for hydroxylation is 2. The molecule has 0 unspecified atom stereocenters. The topological polar surface area (TPSA) is 32.7 Å². The lowest BCUT2D eigenvalue weighted by molar-refractivity contribution is 0.0949. The monoisotopic (exact) mass is 314 g/mol. The molecule has 1 aromatic rings. The van der Waals surface area contributed by atoms with Crippen LogP contribution >= 0.6 is 0 Å². The van der Waals surface area contributed by atoms with Crippen molar-refractivity contribution in [3.05, 3.63) is 28.8 Å². The van der Waals surface area contributed by atoms with Crippen molar-refractivity contribution in [1.82, 2.24) is 4.90 Å². The number of Topliss-reactive ketones (excluding diaryl/α,β-unsaturated/α-hetero) is 1. The van der Waals surface area contributed by atoms with Crippen LogP contribution in [0.15, 0.2) is 17.1 Å². The highest BCUT2D eigenvalue weighted by molar-refractivity contribution is 5.98. The third-order valence-corrected chi connectivity index (χ3v) is 4.93. The van der Waals surface area contributed by atoms with E-state index in [4.69, 9.17) is 0 Å². The van der Waals surface area contributed by atoms with E-state index >= 15 is 0 Å². The molecule has 0 heterocycles. The molecule has 3 heteroatoms. The minimum atomic E-state index is 0.304. The molecule has 3 nitrogen and oxygen atoms in total. The van der Waals surface area contributed by atoms with Gasteiger partial charge in [-0.25, -0.2) is 4.99 Å². The van der Waals surface area contributed by atoms with E-state index in [-0.39, 0.29) is 0 Å². The third kappa shape index (κ3) is 4.92. The van der Waals surface area contributed by atoms with Gasteiger partial charge in [0.2, 0.25) is 0 Å². The van der Waals surface area contributed by atoms with Crippen LogP contribution in [-0.2, 0) is 0 Å². The Kier molecular flexibility index (Phi) is 6.37. The standard InChI is InChI=1S/C20H30N2O/c1-5-22(4)14-21-19-12-15(2)18(11-16(19)3)20(23)13-17-9-7-6-8-10-17/h11-12,14,17H,5-10,13H2,1-4H3. The van der Waals surface area contributed by atoms with Crippen molar-refractivity contribution in [3.8, 4) is 0 Å². The SMILES string of the molecule is CCN(C)C=Nc1cc(C)c(C(=O)CC2CCCCC2)cc1C. The number of aliphatic imine (C=N–C) groups is 1. The molecule has 2 rings (SSSR count). The fraction of sp³-hybridized carbons (Fsp3) is 0.600. The first kappa shape index (κ1) is 17.7. The van der Waals surface area contributed by atoms with Crippen LogP contribution in [0.2, 0.25) is 0 Å². The minimum absolute atomic E-state index is 0.304. The first-order valence-electron chi connectivity index (χ1n) is 8.90. The van der Waals surface area contributed by atoms with Crippen molar-refractivity contribution in [1.29, 1.82) is 0 Å². The number of carbonyl (C=O) groups is 1. The smallest absolute Gasteiger partial charge is 0.163 e. The molecule has 1 fully saturated rings. The van der Waals surface area contributed by atoms with E-state index in [1.54, 1.807) is 0 Å². The quantitative estimate of drug-likeness (QED) is 0.417. The predicted octanol–water partition coefficient (Wildman–Crippen LogP) is 5.07. The van der Waals surface area contributed by atoms with Crippen LogP contribution in [0.3, 0.4) is 0 Å². The van der Waals surface area contributed by atoms with Gasteiger partial charge in [-0.1, -0.05) is 32.1 Å². The summed E-state index contributed by atoms with van der Waals surface area (Å²) in [6.45, 7) is 7.09. The van der Waals surface area contributed by atoms with E-state index < -0.39 is 0 Å². The van der Waals surface area contributed by atoms with E-state index in [9.17, 15) is 4.79 Å². The van der Waals surface area contributed by atoms with Gasteiger partial charge in [0.25, 0.3) is 0 Å². The average molecular weight is 314 g/mol. The molecule has 126 valence electrons. The molecular formula is C20H30N2O. The molecule has 0 spiro atoms. The Morgan fingerprint density at radius 2 is 1.91 bits per heavy atom. The summed E-state index contributed by atoms with van der Waals surface area (Å²) in [4.78, 5) is 19.2. The predicted molar refractivity (Wildman–Crippen MR) is 97.9 cm³/mol. The van der Waals surface area contributed by atoms with Crippen LogP contribution < -0.4 is 0 Å². The average Bonchev–Trinajstić information content (AvgIpc) is 2.55. The highest BCUT2D eigenvalue weighted by atomic mass is 16.1. The second kappa shape index (κ2) is 8.28. The zero-order valence-corrected chi connectivity index (χ0v) is 15.1. The number of carbonyl (C=O) groups excluding carboxylic acids is 1. The van der Waals surface area contributed by atoms with Gasteiger partial charge in [-0.3, -0.25) is 4.79 Å². The number of benzene rings is 1. The lowest BCUT2D eigenvalue weighted by atomic mass is 9.84. The summed E-state index contributed by atoms with van der Waals surface area (Å²) in [6.07, 6.45) is 8.91. The second-order valence-corrected chi connectivity index (χ2v) is 6.90. The Bertz CT molecular complexity index is 571. The number of hydrogen-bond donors (Lipinski definition) is 0. The van der Waals surface area contributed by atoms with Gasteiger partial charge in [0.1, 0.15) is 0 Å². The van der Waals surface area contributed by atoms with Crippen molar-refractivity contribution in [2.24, 2.45) is 10.9 Å². The molecule has 23 heavy (non-hydrogen) atoms. The fourth-order valence-corrected chi connectivity index (χ4v) is 3.25. The Morgan fingerprint density at radius 1 is 1.22 bits per heavy atom. The van der Waals surface area contributed by atoms with Crippen molar-refractivity contribution in [3.63, 3.8) is 0 Å². The maximum absolute atomic E-state index is 12.7. The van der Waals surface area contributed by atoms with Crippen LogP contribution in [0.25, 0.3) is 0 Å². The summed E-state index contributed by atoms with van der Waals surface area (Å²) in [7, 11) is 2.01. The fourth-order valence-electron chi connectivity index (χ4n) is 3.25. The number of hydrogen-bond acceptors (Lipinski definition) is 2. The van der Waals surface area contributed by atoms with Crippen molar-refractivity contribution in [2.75, 3.05) is 13.6 Å². The van der Waals surface area contributed by atoms with E-state index in [0.717, 1.165) is 28.9 Å². The lowest BCUT2D eigenvalue weighted by Crippen LogP contribution is -2.14. The van der Waals surface area contributed by atoms with Gasteiger partial charge >= 0.3 is 0 Å². The molecule has 0 aromatic heterocycles. The third-order valence-electron chi connectivity index (χ3n) is 4.93. The van der Waals surface area contributed by atoms with Crippen LogP contribution in [0.4, 0.5) is 5.69 Å². The van der Waals surface area contributed by atoms with Crippen molar-refractivity contribution < 1.29 is 4.79 Å². The molecule has 0 atom stereocenters. The van der Waals surface area contributed by atoms with Gasteiger partial charge < -0.3 is 4.90 Å². The zero-order valence-electron chi connectivity index (χ0n) is 15.1. The summed E-state index contributed by atoms with van der Waals surface area (Å²) in [5.41, 5.74) is 3.96. The summed E-state index contributed by atoms with van der Waals surface area (Å²) in [5.74, 6) is 0.894. The minimum Gasteiger partial charge on any atom is -0.366 e. The van der Waals surface area contributed by atoms with Gasteiger partial charge in [-0.2, -0.15) is 0 Å². The molecule has 1 aliphatic carbocycles. The Labute approximate surface area is 140 Å². The molecular weight excluding hydrogens is 284 g/mol. The van der Waals surface area contributed by atoms with Crippen LogP contribution in [0, 0.1) is 19.8 Å². The molecule has 0 amide bonds. The molecule has 1 aromatic carbocycles. The number of ketones is 1. The molecule has 1 saturated carbocycles. The lowest BCUT2D eigenvalue weighted by Gasteiger charge is -2.21. The molecule has 0 N–H and O–H groups in total. The molecule has 1 aliphatic rings. The largest absolute Gasteiger partial charge is 0.366 e. The van der Waals surface area contributed by atoms with E-state index in [2.05, 4.69) is 11.9 Å². The highest BCUT2D eigenvalue weighted by Crippen LogP contribution is 2.29. The van der Waals surface area contributed by atoms with Crippen LogP contribution in [0.5, 0.6) is 0 Å². The summed E-state index contributed by atoms with van der Waals surface area (Å²) in [5, 5.41) is 0. The maximum Gasteiger partial charge on any atom is 0.163 e. The second-order valence-electron chi connectivity index (χ2n) is 6.90. The Hall–Kier alpha value is -1.64. The van der Waals surface area contributed by atoms with Gasteiger partial charge in [0.05, 0.1) is 12.0 Å². The zero-order chi connectivity index (χ0) is 16.8. The molecule has 0 radical (unpaired) electrons. The first-order valence-corrected chi connectivity index (χ1v) is 8.90. The highest BCUT2D eigenvalue weighted by Gasteiger charge is 2.19. The maximum atomic E-state index is 12.7. The Morgan fingerprint density at radius 3 is 2.57 bits per heavy atom. The van der Waals surface area contributed by atoms with Crippen LogP contribution in [-0.4, -0.2) is 30.6 Å². The van der Waals surface area contributed by atoms with Crippen LogP contribution in [0.1, 0.15) is 66.9 Å². The van der Waals surface area contributed by atoms with Crippen molar-refractivity contribution in [2.45, 2.75) is 59.3 Å². The Balaban J connectivity index is 2.12. The van der Waals surface area contributed by atoms with Gasteiger partial charge in [-0.05, 0) is 49.9 Å². The van der Waals surface area contributed by atoms with Gasteiger partial charge in [-0.15, -0.1) is 0 Å². The first-order chi connectivity index (χ1) is 11.0. The van der Waals surface area contributed by atoms with E-state index in [1.165, 1.54) is 32.1 Å². The number of rotatable bonds is 6. The summed E-state index contributed by atoms with van der Waals surface area (Å²) >= 11 is 0. The molecule has 0 bridgehead atoms. The molecule has 0 saturated heterocycles. The summed E-state index contributed by atoms with van der Waals surface area (Å²) < 4.78 is 0. The van der Waals surface area contributed by atoms with Crippen molar-refractivity contribution >= 4 is 17.8 Å². The number of nitrogens with zero attached hydrogens (tertiary/aromatic N) is 2. The van der Waals surface area contributed by atoms with Gasteiger partial charge in [0, 0.05) is 25.6 Å². The normalized spacial score (nSPS) is 16.0. The van der Waals surface area contributed by atoms with E-state index in [1.807, 2.05) is 44.3 Å². The van der Waals surface area contributed by atoms with Gasteiger partial charge in [0.15, 0.2) is 5.78 Å². The molecule has 0 aliphatic heterocycles.